The van der Waals surface area contributed by atoms with Crippen LogP contribution in [0.3, 0.4) is 0 Å². The summed E-state index contributed by atoms with van der Waals surface area (Å²) in [7, 11) is 0. The Bertz CT molecular complexity index is 1490. The maximum absolute atomic E-state index is 13.7. The first kappa shape index (κ1) is 31.4. The number of imide groups is 1. The average Bonchev–Trinajstić information content (AvgIpc) is 3.38. The summed E-state index contributed by atoms with van der Waals surface area (Å²) in [5.74, 6) is -3.93. The lowest BCUT2D eigenvalue weighted by atomic mass is 9.93. The molecule has 0 radical (unpaired) electrons. The van der Waals surface area contributed by atoms with Crippen molar-refractivity contribution < 1.29 is 46.3 Å². The maximum Gasteiger partial charge on any atom is 0.418 e. The molecule has 1 aliphatic heterocycles. The van der Waals surface area contributed by atoms with Crippen LogP contribution in [0.2, 0.25) is 0 Å². The lowest BCUT2D eigenvalue weighted by Gasteiger charge is -2.35. The maximum atomic E-state index is 13.7. The minimum Gasteiger partial charge on any atom is -0.427 e. The van der Waals surface area contributed by atoms with Gasteiger partial charge in [-0.3, -0.25) is 24.1 Å². The van der Waals surface area contributed by atoms with Gasteiger partial charge in [-0.15, -0.1) is 0 Å². The smallest absolute Gasteiger partial charge is 0.418 e. The lowest BCUT2D eigenvalue weighted by Crippen LogP contribution is -2.55. The molecule has 2 atom stereocenters. The zero-order chi connectivity index (χ0) is 32.1. The molecule has 0 saturated carbocycles. The number of nitrogens with zero attached hydrogens (tertiary/aromatic N) is 3. The quantitative estimate of drug-likeness (QED) is 0.458. The number of amides is 5. The lowest BCUT2D eigenvalue weighted by molar-refractivity contribution is -0.187. The molecule has 0 bridgehead atoms. The van der Waals surface area contributed by atoms with Crippen molar-refractivity contribution in [2.45, 2.75) is 70.4 Å². The minimum atomic E-state index is -4.83. The Morgan fingerprint density at radius 2 is 1.72 bits per heavy atom. The summed E-state index contributed by atoms with van der Waals surface area (Å²) in [5, 5.41) is 0. The van der Waals surface area contributed by atoms with Gasteiger partial charge in [0.25, 0.3) is 5.91 Å². The Labute approximate surface area is 244 Å². The highest BCUT2D eigenvalue weighted by molar-refractivity contribution is 6.07. The van der Waals surface area contributed by atoms with Crippen molar-refractivity contribution >= 4 is 35.4 Å². The topological polar surface area (TPSA) is 130 Å². The molecular weight excluding hydrogens is 576 g/mol. The number of carbonyl (C=O) groups is 5. The van der Waals surface area contributed by atoms with Crippen molar-refractivity contribution in [2.75, 3.05) is 11.4 Å². The number of fused-ring (bicyclic) bond motifs is 2. The SMILES string of the molecule is CC(=O)N(c1ccc2c(c1)CC[C@@]21OC(=O)N(CC(=O)N(Cc2ccc(F)cc2)[C@@H](C)C(F)(F)F)C1=O)C(C)(C)C(N)=O. The summed E-state index contributed by atoms with van der Waals surface area (Å²) in [5.41, 5.74) is 3.63. The van der Waals surface area contributed by atoms with Crippen molar-refractivity contribution in [2.24, 2.45) is 5.73 Å². The van der Waals surface area contributed by atoms with Crippen molar-refractivity contribution in [3.8, 4) is 0 Å². The molecule has 1 spiro atoms. The Kier molecular flexibility index (Phi) is 8.02. The molecular formula is C29H30F4N4O6. The third-order valence-corrected chi connectivity index (χ3v) is 7.90. The van der Waals surface area contributed by atoms with Crippen LogP contribution in [0.4, 0.5) is 28.0 Å². The van der Waals surface area contributed by atoms with Crippen LogP contribution in [-0.2, 0) is 42.5 Å². The zero-order valence-electron chi connectivity index (χ0n) is 23.8. The average molecular weight is 607 g/mol. The molecule has 230 valence electrons. The van der Waals surface area contributed by atoms with Crippen LogP contribution in [0.5, 0.6) is 0 Å². The van der Waals surface area contributed by atoms with Gasteiger partial charge in [0.2, 0.25) is 23.3 Å². The number of hydrogen-bond donors (Lipinski definition) is 1. The van der Waals surface area contributed by atoms with Gasteiger partial charge in [-0.05, 0) is 62.6 Å². The van der Waals surface area contributed by atoms with E-state index in [2.05, 4.69) is 0 Å². The monoisotopic (exact) mass is 606 g/mol. The van der Waals surface area contributed by atoms with Crippen LogP contribution in [0.15, 0.2) is 42.5 Å². The largest absolute Gasteiger partial charge is 0.427 e. The fourth-order valence-corrected chi connectivity index (χ4v) is 5.42. The van der Waals surface area contributed by atoms with Crippen molar-refractivity contribution in [1.82, 2.24) is 9.80 Å². The van der Waals surface area contributed by atoms with Gasteiger partial charge in [0.1, 0.15) is 23.9 Å². The van der Waals surface area contributed by atoms with Gasteiger partial charge in [-0.1, -0.05) is 18.2 Å². The Hall–Kier alpha value is -4.49. The molecule has 5 amide bonds. The Morgan fingerprint density at radius 1 is 1.09 bits per heavy atom. The molecule has 0 aromatic heterocycles. The number of ether oxygens (including phenoxy) is 1. The normalized spacial score (nSPS) is 18.8. The molecule has 1 heterocycles. The highest BCUT2D eigenvalue weighted by atomic mass is 19.4. The van der Waals surface area contributed by atoms with Gasteiger partial charge in [0.05, 0.1) is 0 Å². The van der Waals surface area contributed by atoms with Crippen molar-refractivity contribution in [1.29, 1.82) is 0 Å². The van der Waals surface area contributed by atoms with E-state index < -0.39 is 72.0 Å². The Morgan fingerprint density at radius 3 is 2.28 bits per heavy atom. The number of alkyl halides is 3. The number of rotatable bonds is 8. The van der Waals surface area contributed by atoms with E-state index in [1.165, 1.54) is 49.9 Å². The van der Waals surface area contributed by atoms with Crippen LogP contribution < -0.4 is 10.6 Å². The molecule has 1 aliphatic carbocycles. The van der Waals surface area contributed by atoms with E-state index in [4.69, 9.17) is 10.5 Å². The van der Waals surface area contributed by atoms with Crippen molar-refractivity contribution in [3.05, 3.63) is 65.0 Å². The summed E-state index contributed by atoms with van der Waals surface area (Å²) < 4.78 is 59.9. The second kappa shape index (κ2) is 11.0. The molecule has 2 N–H and O–H groups in total. The van der Waals surface area contributed by atoms with E-state index in [0.717, 1.165) is 19.1 Å². The number of benzene rings is 2. The van der Waals surface area contributed by atoms with Gasteiger partial charge >= 0.3 is 12.3 Å². The first-order valence-corrected chi connectivity index (χ1v) is 13.3. The minimum absolute atomic E-state index is 0.0153. The molecule has 4 rings (SSSR count). The predicted octanol–water partition coefficient (Wildman–Crippen LogP) is 3.54. The van der Waals surface area contributed by atoms with E-state index in [9.17, 15) is 41.5 Å². The highest BCUT2D eigenvalue weighted by Gasteiger charge is 2.59. The number of primary amides is 1. The van der Waals surface area contributed by atoms with Gasteiger partial charge in [-0.2, -0.15) is 13.2 Å². The number of carbonyl (C=O) groups excluding carboxylic acids is 5. The molecule has 2 aliphatic rings. The second-order valence-corrected chi connectivity index (χ2v) is 11.1. The summed E-state index contributed by atoms with van der Waals surface area (Å²) in [6, 6.07) is 6.74. The number of halogens is 4. The molecule has 0 unspecified atom stereocenters. The van der Waals surface area contributed by atoms with Crippen LogP contribution in [0.25, 0.3) is 0 Å². The van der Waals surface area contributed by atoms with Crippen LogP contribution in [-0.4, -0.2) is 63.8 Å². The van der Waals surface area contributed by atoms with E-state index in [1.807, 2.05) is 0 Å². The van der Waals surface area contributed by atoms with Gasteiger partial charge in [-0.25, -0.2) is 14.1 Å². The third-order valence-electron chi connectivity index (χ3n) is 7.90. The number of aryl methyl sites for hydroxylation is 1. The fourth-order valence-electron chi connectivity index (χ4n) is 5.42. The fraction of sp³-hybridized carbons (Fsp3) is 0.414. The summed E-state index contributed by atoms with van der Waals surface area (Å²) in [4.78, 5) is 66.4. The standard InChI is InChI=1S/C29H30F4N4O6/c1-16(29(31,32)33)35(14-18-5-7-20(30)8-6-18)23(39)15-36-25(41)28(43-26(36)42)12-11-19-13-21(9-10-22(19)28)37(17(2)38)27(3,4)24(34)40/h5-10,13,16H,11-12,14-15H2,1-4H3,(H2,34,40)/t16-,28+/m0/s1. The van der Waals surface area contributed by atoms with E-state index in [1.54, 1.807) is 6.07 Å². The second-order valence-electron chi connectivity index (χ2n) is 11.1. The Balaban J connectivity index is 1.61. The molecule has 10 nitrogen and oxygen atoms in total. The third kappa shape index (κ3) is 5.65. The summed E-state index contributed by atoms with van der Waals surface area (Å²) in [6.45, 7) is 3.40. The first-order valence-electron chi connectivity index (χ1n) is 13.3. The van der Waals surface area contributed by atoms with E-state index in [-0.39, 0.29) is 24.0 Å². The predicted molar refractivity (Wildman–Crippen MR) is 144 cm³/mol. The van der Waals surface area contributed by atoms with E-state index in [0.29, 0.717) is 21.1 Å². The molecule has 1 saturated heterocycles. The number of nitrogens with two attached hydrogens (primary N) is 1. The molecule has 2 aromatic rings. The van der Waals surface area contributed by atoms with Gasteiger partial charge < -0.3 is 15.4 Å². The van der Waals surface area contributed by atoms with E-state index >= 15 is 0 Å². The first-order chi connectivity index (χ1) is 19.9. The molecule has 14 heteroatoms. The number of hydrogen-bond acceptors (Lipinski definition) is 6. The highest BCUT2D eigenvalue weighted by Crippen LogP contribution is 2.46. The van der Waals surface area contributed by atoms with Crippen molar-refractivity contribution in [3.63, 3.8) is 0 Å². The van der Waals surface area contributed by atoms with Crippen LogP contribution in [0, 0.1) is 5.82 Å². The summed E-state index contributed by atoms with van der Waals surface area (Å²) >= 11 is 0. The molecule has 43 heavy (non-hydrogen) atoms. The van der Waals surface area contributed by atoms with Crippen LogP contribution in [0.1, 0.15) is 50.8 Å². The van der Waals surface area contributed by atoms with Gasteiger partial charge in [0.15, 0.2) is 0 Å². The molecule has 2 aromatic carbocycles. The zero-order valence-corrected chi connectivity index (χ0v) is 23.8. The summed E-state index contributed by atoms with van der Waals surface area (Å²) in [6.07, 6.45) is -5.82. The van der Waals surface area contributed by atoms with Gasteiger partial charge in [0, 0.05) is 31.1 Å². The molecule has 1 fully saturated rings. The van der Waals surface area contributed by atoms with Crippen LogP contribution >= 0.6 is 0 Å². The number of anilines is 1.